The molecule has 0 radical (unpaired) electrons. The molecule has 1 amide bonds. The highest BCUT2D eigenvalue weighted by molar-refractivity contribution is 5.93. The Bertz CT molecular complexity index is 894. The maximum atomic E-state index is 12.5. The van der Waals surface area contributed by atoms with E-state index in [2.05, 4.69) is 15.4 Å². The predicted octanol–water partition coefficient (Wildman–Crippen LogP) is -0.326. The van der Waals surface area contributed by atoms with Crippen molar-refractivity contribution < 1.29 is 13.6 Å². The number of aromatic nitrogens is 4. The molecule has 0 aliphatic carbocycles. The van der Waals surface area contributed by atoms with E-state index in [0.29, 0.717) is 23.6 Å². The van der Waals surface area contributed by atoms with Crippen molar-refractivity contribution in [3.05, 3.63) is 44.9 Å². The molecule has 25 heavy (non-hydrogen) atoms. The van der Waals surface area contributed by atoms with Crippen molar-refractivity contribution in [3.63, 3.8) is 0 Å². The van der Waals surface area contributed by atoms with Gasteiger partial charge in [-0.1, -0.05) is 0 Å². The number of nitrogens with one attached hydrogen (secondary N) is 2. The van der Waals surface area contributed by atoms with Gasteiger partial charge in [-0.3, -0.25) is 19.1 Å². The summed E-state index contributed by atoms with van der Waals surface area (Å²) in [7, 11) is 1.37. The number of hydrogen-bond acceptors (Lipinski definition) is 5. The maximum absolute atomic E-state index is 12.5. The SMILES string of the molecule is Cn1c(=O)cc(N2CC(C)(NC(=O)c3ccn(C(F)F)n3)C2)[nH]c1=O. The molecule has 134 valence electrons. The van der Waals surface area contributed by atoms with Crippen LogP contribution in [-0.4, -0.2) is 43.9 Å². The quantitative estimate of drug-likeness (QED) is 0.783. The summed E-state index contributed by atoms with van der Waals surface area (Å²) in [6.07, 6.45) is 1.03. The third kappa shape index (κ3) is 3.16. The van der Waals surface area contributed by atoms with E-state index in [1.54, 1.807) is 11.8 Å². The van der Waals surface area contributed by atoms with Gasteiger partial charge in [0, 0.05) is 32.4 Å². The lowest BCUT2D eigenvalue weighted by atomic mass is 9.92. The molecule has 1 fully saturated rings. The average molecular weight is 354 g/mol. The van der Waals surface area contributed by atoms with Gasteiger partial charge in [0.2, 0.25) is 0 Å². The van der Waals surface area contributed by atoms with E-state index in [1.165, 1.54) is 19.2 Å². The molecule has 2 N–H and O–H groups in total. The molecular weight excluding hydrogens is 338 g/mol. The summed E-state index contributed by atoms with van der Waals surface area (Å²) in [6.45, 7) is -0.353. The Balaban J connectivity index is 1.67. The molecule has 3 rings (SSSR count). The van der Waals surface area contributed by atoms with Gasteiger partial charge in [0.25, 0.3) is 11.5 Å². The van der Waals surface area contributed by atoms with Crippen LogP contribution in [0.25, 0.3) is 0 Å². The summed E-state index contributed by atoms with van der Waals surface area (Å²) in [6, 6.07) is 2.51. The average Bonchev–Trinajstić information content (AvgIpc) is 3.00. The van der Waals surface area contributed by atoms with Crippen molar-refractivity contribution in [2.24, 2.45) is 7.05 Å². The molecular formula is C14H16F2N6O3. The fourth-order valence-corrected chi connectivity index (χ4v) is 2.67. The number of alkyl halides is 2. The first-order chi connectivity index (χ1) is 11.7. The molecule has 1 saturated heterocycles. The highest BCUT2D eigenvalue weighted by Gasteiger charge is 2.41. The number of carbonyl (C=O) groups excluding carboxylic acids is 1. The van der Waals surface area contributed by atoms with Crippen molar-refractivity contribution in [1.29, 1.82) is 0 Å². The Morgan fingerprint density at radius 3 is 2.64 bits per heavy atom. The minimum absolute atomic E-state index is 0.109. The van der Waals surface area contributed by atoms with E-state index >= 15 is 0 Å². The van der Waals surface area contributed by atoms with Crippen molar-refractivity contribution in [2.75, 3.05) is 18.0 Å². The standard InChI is InChI=1S/C14H16F2N6O3/c1-14(18-11(24)8-3-4-22(19-8)12(15)16)6-21(7-14)9-5-10(23)20(2)13(25)17-9/h3-5,12H,6-7H2,1-2H3,(H,17,25)(H,18,24). The second kappa shape index (κ2) is 5.83. The first kappa shape index (κ1) is 16.9. The number of carbonyl (C=O) groups is 1. The number of rotatable bonds is 4. The zero-order valence-corrected chi connectivity index (χ0v) is 13.5. The normalized spacial score (nSPS) is 16.0. The molecule has 11 heteroatoms. The number of nitrogens with zero attached hydrogens (tertiary/aromatic N) is 4. The molecule has 0 unspecified atom stereocenters. The van der Waals surface area contributed by atoms with Crippen molar-refractivity contribution in [3.8, 4) is 0 Å². The lowest BCUT2D eigenvalue weighted by Crippen LogP contribution is -2.69. The third-order valence-electron chi connectivity index (χ3n) is 4.01. The predicted molar refractivity (Wildman–Crippen MR) is 83.9 cm³/mol. The number of hydrogen-bond donors (Lipinski definition) is 2. The van der Waals surface area contributed by atoms with Crippen LogP contribution in [0.3, 0.4) is 0 Å². The maximum Gasteiger partial charge on any atom is 0.333 e. The van der Waals surface area contributed by atoms with Crippen LogP contribution in [0.1, 0.15) is 24.0 Å². The summed E-state index contributed by atoms with van der Waals surface area (Å²) < 4.78 is 26.3. The molecule has 0 bridgehead atoms. The van der Waals surface area contributed by atoms with Gasteiger partial charge in [-0.05, 0) is 13.0 Å². The molecule has 0 aromatic carbocycles. The largest absolute Gasteiger partial charge is 0.353 e. The summed E-state index contributed by atoms with van der Waals surface area (Å²) in [4.78, 5) is 39.7. The Labute approximate surface area is 139 Å². The van der Waals surface area contributed by atoms with E-state index in [4.69, 9.17) is 0 Å². The van der Waals surface area contributed by atoms with Crippen LogP contribution in [0, 0.1) is 0 Å². The third-order valence-corrected chi connectivity index (χ3v) is 4.01. The highest BCUT2D eigenvalue weighted by atomic mass is 19.3. The summed E-state index contributed by atoms with van der Waals surface area (Å²) in [5, 5.41) is 6.24. The second-order valence-corrected chi connectivity index (χ2v) is 6.19. The Morgan fingerprint density at radius 1 is 1.40 bits per heavy atom. The fourth-order valence-electron chi connectivity index (χ4n) is 2.67. The van der Waals surface area contributed by atoms with E-state index in [-0.39, 0.29) is 5.69 Å². The molecule has 9 nitrogen and oxygen atoms in total. The number of halogens is 2. The van der Waals surface area contributed by atoms with Gasteiger partial charge in [-0.15, -0.1) is 0 Å². The van der Waals surface area contributed by atoms with Gasteiger partial charge in [0.15, 0.2) is 0 Å². The minimum Gasteiger partial charge on any atom is -0.353 e. The van der Waals surface area contributed by atoms with Crippen LogP contribution < -0.4 is 21.5 Å². The first-order valence-corrected chi connectivity index (χ1v) is 7.40. The zero-order valence-electron chi connectivity index (χ0n) is 13.5. The van der Waals surface area contributed by atoms with Gasteiger partial charge in [-0.2, -0.15) is 13.9 Å². The number of aromatic amines is 1. The smallest absolute Gasteiger partial charge is 0.333 e. The number of H-pyrrole nitrogens is 1. The van der Waals surface area contributed by atoms with Crippen molar-refractivity contribution >= 4 is 11.7 Å². The molecule has 1 aliphatic heterocycles. The highest BCUT2D eigenvalue weighted by Crippen LogP contribution is 2.25. The molecule has 0 spiro atoms. The molecule has 0 atom stereocenters. The topological polar surface area (TPSA) is 105 Å². The molecule has 2 aromatic rings. The van der Waals surface area contributed by atoms with Crippen LogP contribution in [-0.2, 0) is 7.05 Å². The minimum atomic E-state index is -2.81. The Hall–Kier alpha value is -2.98. The first-order valence-electron chi connectivity index (χ1n) is 7.40. The molecule has 2 aromatic heterocycles. The van der Waals surface area contributed by atoms with Crippen molar-refractivity contribution in [1.82, 2.24) is 24.6 Å². The van der Waals surface area contributed by atoms with Gasteiger partial charge in [0.05, 0.1) is 5.54 Å². The van der Waals surface area contributed by atoms with Gasteiger partial charge in [-0.25, -0.2) is 9.48 Å². The van der Waals surface area contributed by atoms with Gasteiger partial charge >= 0.3 is 12.2 Å². The van der Waals surface area contributed by atoms with E-state index in [0.717, 1.165) is 10.8 Å². The molecule has 1 aliphatic rings. The van der Waals surface area contributed by atoms with Crippen LogP contribution >= 0.6 is 0 Å². The Kier molecular flexibility index (Phi) is 3.93. The Morgan fingerprint density at radius 2 is 2.08 bits per heavy atom. The van der Waals surface area contributed by atoms with Crippen LogP contribution in [0.5, 0.6) is 0 Å². The van der Waals surface area contributed by atoms with Gasteiger partial charge in [0.1, 0.15) is 11.5 Å². The molecule has 0 saturated carbocycles. The van der Waals surface area contributed by atoms with Gasteiger partial charge < -0.3 is 10.2 Å². The monoisotopic (exact) mass is 354 g/mol. The lowest BCUT2D eigenvalue weighted by molar-refractivity contribution is 0.0558. The fraction of sp³-hybridized carbons (Fsp3) is 0.429. The van der Waals surface area contributed by atoms with E-state index in [1.807, 2.05) is 0 Å². The number of amides is 1. The molecule has 3 heterocycles. The number of anilines is 1. The van der Waals surface area contributed by atoms with Crippen molar-refractivity contribution in [2.45, 2.75) is 19.0 Å². The summed E-state index contributed by atoms with van der Waals surface area (Å²) >= 11 is 0. The van der Waals surface area contributed by atoms with Crippen LogP contribution in [0.2, 0.25) is 0 Å². The zero-order chi connectivity index (χ0) is 18.4. The summed E-state index contributed by atoms with van der Waals surface area (Å²) in [5.74, 6) is -0.208. The second-order valence-electron chi connectivity index (χ2n) is 6.19. The van der Waals surface area contributed by atoms with E-state index < -0.39 is 29.2 Å². The summed E-state index contributed by atoms with van der Waals surface area (Å²) in [5.41, 5.74) is -1.71. The van der Waals surface area contributed by atoms with Crippen LogP contribution in [0.15, 0.2) is 27.9 Å². The van der Waals surface area contributed by atoms with E-state index in [9.17, 15) is 23.2 Å². The van der Waals surface area contributed by atoms with Crippen LogP contribution in [0.4, 0.5) is 14.6 Å². The lowest BCUT2D eigenvalue weighted by Gasteiger charge is -2.49.